The summed E-state index contributed by atoms with van der Waals surface area (Å²) in [5.74, 6) is -0.00751. The zero-order chi connectivity index (χ0) is 20.4. The van der Waals surface area contributed by atoms with Crippen LogP contribution in [-0.4, -0.2) is 28.4 Å². The Labute approximate surface area is 171 Å². The van der Waals surface area contributed by atoms with Gasteiger partial charge in [0.05, 0.1) is 12.2 Å². The van der Waals surface area contributed by atoms with Crippen molar-refractivity contribution in [1.82, 2.24) is 20.6 Å². The molecule has 0 fully saturated rings. The molecule has 9 heteroatoms. The van der Waals surface area contributed by atoms with Gasteiger partial charge in [0.25, 0.3) is 11.8 Å². The maximum Gasteiger partial charge on any atom is 0.274 e. The van der Waals surface area contributed by atoms with Crippen LogP contribution in [0.25, 0.3) is 0 Å². The van der Waals surface area contributed by atoms with Crippen molar-refractivity contribution in [3.8, 4) is 11.5 Å². The molecule has 2 aromatic carbocycles. The first-order valence-corrected chi connectivity index (χ1v) is 9.18. The molecular weight excluding hydrogens is 396 g/mol. The molecule has 0 aliphatic carbocycles. The van der Waals surface area contributed by atoms with Crippen LogP contribution >= 0.6 is 11.6 Å². The number of hydrogen-bond donors (Lipinski definition) is 2. The van der Waals surface area contributed by atoms with E-state index in [0.717, 1.165) is 5.56 Å². The Bertz CT molecular complexity index is 1080. The van der Waals surface area contributed by atoms with Crippen molar-refractivity contribution < 1.29 is 19.1 Å². The number of nitrogens with zero attached hydrogens (tertiary/aromatic N) is 2. The molecule has 1 aliphatic heterocycles. The smallest absolute Gasteiger partial charge is 0.274 e. The van der Waals surface area contributed by atoms with Gasteiger partial charge in [-0.15, -0.1) is 0 Å². The largest absolute Gasteiger partial charge is 0.454 e. The molecule has 3 aromatic rings. The third kappa shape index (κ3) is 3.88. The van der Waals surface area contributed by atoms with E-state index in [-0.39, 0.29) is 17.5 Å². The molecule has 2 amide bonds. The van der Waals surface area contributed by atoms with Gasteiger partial charge in [-0.2, -0.15) is 5.10 Å². The van der Waals surface area contributed by atoms with Crippen LogP contribution < -0.4 is 20.3 Å². The average molecular weight is 413 g/mol. The second-order valence-corrected chi connectivity index (χ2v) is 6.73. The minimum absolute atomic E-state index is 0.113. The highest BCUT2D eigenvalue weighted by Crippen LogP contribution is 2.32. The van der Waals surface area contributed by atoms with Crippen LogP contribution in [0.15, 0.2) is 48.5 Å². The lowest BCUT2D eigenvalue weighted by atomic mass is 10.2. The first-order valence-electron chi connectivity index (χ1n) is 8.80. The predicted octanol–water partition coefficient (Wildman–Crippen LogP) is 2.70. The van der Waals surface area contributed by atoms with Crippen LogP contribution in [0.5, 0.6) is 11.5 Å². The third-order valence-corrected chi connectivity index (χ3v) is 4.78. The molecule has 0 radical (unpaired) electrons. The highest BCUT2D eigenvalue weighted by Gasteiger charge is 2.22. The Hall–Kier alpha value is -3.52. The Balaban J connectivity index is 1.44. The molecule has 8 nitrogen and oxygen atoms in total. The molecule has 0 saturated carbocycles. The van der Waals surface area contributed by atoms with E-state index in [1.54, 1.807) is 29.8 Å². The molecule has 0 bridgehead atoms. The Morgan fingerprint density at radius 3 is 2.59 bits per heavy atom. The van der Waals surface area contributed by atoms with Crippen molar-refractivity contribution in [3.05, 3.63) is 76.1 Å². The van der Waals surface area contributed by atoms with Gasteiger partial charge in [0, 0.05) is 5.56 Å². The summed E-state index contributed by atoms with van der Waals surface area (Å²) in [6, 6.07) is 14.4. The molecule has 0 atom stereocenters. The monoisotopic (exact) mass is 412 g/mol. The number of amides is 2. The van der Waals surface area contributed by atoms with E-state index in [1.165, 1.54) is 0 Å². The van der Waals surface area contributed by atoms with Crippen molar-refractivity contribution in [3.63, 3.8) is 0 Å². The van der Waals surface area contributed by atoms with E-state index >= 15 is 0 Å². The molecule has 2 N–H and O–H groups in total. The van der Waals surface area contributed by atoms with Gasteiger partial charge in [-0.25, -0.2) is 4.68 Å². The summed E-state index contributed by atoms with van der Waals surface area (Å²) >= 11 is 6.37. The summed E-state index contributed by atoms with van der Waals surface area (Å²) in [6.07, 6.45) is 0. The molecule has 0 unspecified atom stereocenters. The SMILES string of the molecule is Cc1nn(Cc2ccccc2)c(Cl)c1C(=O)NNC(=O)c1ccc2c(c1)OCO2. The lowest BCUT2D eigenvalue weighted by Crippen LogP contribution is -2.41. The number of carbonyl (C=O) groups excluding carboxylic acids is 2. The average Bonchev–Trinajstić information content (AvgIpc) is 3.30. The minimum Gasteiger partial charge on any atom is -0.454 e. The van der Waals surface area contributed by atoms with E-state index in [9.17, 15) is 9.59 Å². The fourth-order valence-corrected chi connectivity index (χ4v) is 3.28. The lowest BCUT2D eigenvalue weighted by molar-refractivity contribution is 0.0846. The van der Waals surface area contributed by atoms with Crippen molar-refractivity contribution >= 4 is 23.4 Å². The number of fused-ring (bicyclic) bond motifs is 1. The van der Waals surface area contributed by atoms with Gasteiger partial charge in [0.2, 0.25) is 6.79 Å². The molecule has 2 heterocycles. The molecule has 4 rings (SSSR count). The second-order valence-electron chi connectivity index (χ2n) is 6.37. The topological polar surface area (TPSA) is 94.5 Å². The van der Waals surface area contributed by atoms with Crippen LogP contribution in [0.1, 0.15) is 32.0 Å². The lowest BCUT2D eigenvalue weighted by Gasteiger charge is -2.08. The number of aryl methyl sites for hydroxylation is 1. The molecule has 0 saturated heterocycles. The Morgan fingerprint density at radius 2 is 1.79 bits per heavy atom. The van der Waals surface area contributed by atoms with Crippen LogP contribution in [-0.2, 0) is 6.54 Å². The summed E-state index contributed by atoms with van der Waals surface area (Å²) in [5, 5.41) is 4.53. The molecule has 148 valence electrons. The minimum atomic E-state index is -0.555. The molecule has 29 heavy (non-hydrogen) atoms. The Kier molecular flexibility index (Phi) is 5.09. The van der Waals surface area contributed by atoms with Gasteiger partial charge < -0.3 is 9.47 Å². The zero-order valence-corrected chi connectivity index (χ0v) is 16.2. The van der Waals surface area contributed by atoms with Crippen molar-refractivity contribution in [2.75, 3.05) is 6.79 Å². The summed E-state index contributed by atoms with van der Waals surface area (Å²) in [4.78, 5) is 24.9. The highest BCUT2D eigenvalue weighted by atomic mass is 35.5. The van der Waals surface area contributed by atoms with Crippen LogP contribution in [0, 0.1) is 6.92 Å². The number of halogens is 1. The molecule has 0 spiro atoms. The van der Waals surface area contributed by atoms with E-state index in [2.05, 4.69) is 16.0 Å². The number of carbonyl (C=O) groups is 2. The fraction of sp³-hybridized carbons (Fsp3) is 0.150. The third-order valence-electron chi connectivity index (χ3n) is 4.39. The van der Waals surface area contributed by atoms with Crippen LogP contribution in [0.4, 0.5) is 0 Å². The van der Waals surface area contributed by atoms with Gasteiger partial charge >= 0.3 is 0 Å². The summed E-state index contributed by atoms with van der Waals surface area (Å²) in [5.41, 5.74) is 6.72. The van der Waals surface area contributed by atoms with Gasteiger partial charge in [0.1, 0.15) is 10.7 Å². The first-order chi connectivity index (χ1) is 14.0. The fourth-order valence-electron chi connectivity index (χ4n) is 2.96. The number of nitrogens with one attached hydrogen (secondary N) is 2. The highest BCUT2D eigenvalue weighted by molar-refractivity contribution is 6.33. The maximum atomic E-state index is 12.6. The number of ether oxygens (including phenoxy) is 2. The number of aromatic nitrogens is 2. The number of hydrogen-bond acceptors (Lipinski definition) is 5. The van der Waals surface area contributed by atoms with Gasteiger partial charge in [-0.05, 0) is 30.7 Å². The molecular formula is C20H17ClN4O4. The molecule has 1 aromatic heterocycles. The van der Waals surface area contributed by atoms with E-state index in [0.29, 0.717) is 29.3 Å². The standard InChI is InChI=1S/C20H17ClN4O4/c1-12-17(18(21)25(24-12)10-13-5-3-2-4-6-13)20(27)23-22-19(26)14-7-8-15-16(9-14)29-11-28-15/h2-9H,10-11H2,1H3,(H,22,26)(H,23,27). The number of benzene rings is 2. The van der Waals surface area contributed by atoms with Gasteiger partial charge in [0.15, 0.2) is 11.5 Å². The first kappa shape index (κ1) is 18.8. The quantitative estimate of drug-likeness (QED) is 0.642. The van der Waals surface area contributed by atoms with E-state index in [1.807, 2.05) is 30.3 Å². The summed E-state index contributed by atoms with van der Waals surface area (Å²) in [6.45, 7) is 2.22. The Morgan fingerprint density at radius 1 is 1.07 bits per heavy atom. The zero-order valence-electron chi connectivity index (χ0n) is 15.4. The molecule has 1 aliphatic rings. The van der Waals surface area contributed by atoms with Crippen LogP contribution in [0.2, 0.25) is 5.15 Å². The van der Waals surface area contributed by atoms with Crippen LogP contribution in [0.3, 0.4) is 0 Å². The van der Waals surface area contributed by atoms with Gasteiger partial charge in [-0.3, -0.25) is 20.4 Å². The number of hydrazine groups is 1. The van der Waals surface area contributed by atoms with E-state index < -0.39 is 11.8 Å². The van der Waals surface area contributed by atoms with Crippen molar-refractivity contribution in [2.45, 2.75) is 13.5 Å². The summed E-state index contributed by atoms with van der Waals surface area (Å²) in [7, 11) is 0. The van der Waals surface area contributed by atoms with Crippen molar-refractivity contribution in [2.24, 2.45) is 0 Å². The van der Waals surface area contributed by atoms with Gasteiger partial charge in [-0.1, -0.05) is 41.9 Å². The predicted molar refractivity (Wildman–Crippen MR) is 105 cm³/mol. The second kappa shape index (κ2) is 7.84. The maximum absolute atomic E-state index is 12.6. The number of rotatable bonds is 4. The van der Waals surface area contributed by atoms with Crippen molar-refractivity contribution in [1.29, 1.82) is 0 Å². The van der Waals surface area contributed by atoms with E-state index in [4.69, 9.17) is 21.1 Å². The summed E-state index contributed by atoms with van der Waals surface area (Å²) < 4.78 is 12.0. The normalized spacial score (nSPS) is 11.9.